The molecule has 0 aliphatic heterocycles. The largest absolute Gasteiger partial charge is 0.394 e. The van der Waals surface area contributed by atoms with Crippen molar-refractivity contribution in [2.45, 2.75) is 289 Å². The molecule has 2 atom stereocenters. The molecule has 0 rings (SSSR count). The van der Waals surface area contributed by atoms with E-state index in [1.165, 1.54) is 225 Å². The summed E-state index contributed by atoms with van der Waals surface area (Å²) in [6.07, 6.45) is 57.3. The zero-order chi connectivity index (χ0) is 38.6. The molecule has 0 radical (unpaired) electrons. The number of hydrogen-bond donors (Lipinski definition) is 3. The summed E-state index contributed by atoms with van der Waals surface area (Å²) in [5, 5.41) is 23.2. The van der Waals surface area contributed by atoms with Crippen LogP contribution in [0.15, 0.2) is 12.2 Å². The lowest BCUT2D eigenvalue weighted by Crippen LogP contribution is -2.45. The number of amides is 1. The zero-order valence-electron chi connectivity index (χ0n) is 36.3. The van der Waals surface area contributed by atoms with Crippen molar-refractivity contribution < 1.29 is 15.0 Å². The van der Waals surface area contributed by atoms with Crippen molar-refractivity contribution in [3.8, 4) is 0 Å². The summed E-state index contributed by atoms with van der Waals surface area (Å²) >= 11 is 0. The Balaban J connectivity index is 3.46. The lowest BCUT2D eigenvalue weighted by molar-refractivity contribution is -0.123. The van der Waals surface area contributed by atoms with Gasteiger partial charge in [-0.3, -0.25) is 4.79 Å². The zero-order valence-corrected chi connectivity index (χ0v) is 36.3. The smallest absolute Gasteiger partial charge is 0.220 e. The highest BCUT2D eigenvalue weighted by molar-refractivity contribution is 5.76. The minimum absolute atomic E-state index is 0.0279. The van der Waals surface area contributed by atoms with Crippen molar-refractivity contribution in [3.05, 3.63) is 12.2 Å². The molecule has 4 nitrogen and oxygen atoms in total. The molecule has 3 N–H and O–H groups in total. The molecular formula is C49H97NO3. The Morgan fingerprint density at radius 2 is 0.717 bits per heavy atom. The number of allylic oxidation sites excluding steroid dienone is 2. The second-order valence-electron chi connectivity index (χ2n) is 16.9. The maximum absolute atomic E-state index is 12.4. The first kappa shape index (κ1) is 52.1. The van der Waals surface area contributed by atoms with Crippen LogP contribution in [-0.4, -0.2) is 34.9 Å². The molecule has 2 unspecified atom stereocenters. The summed E-state index contributed by atoms with van der Waals surface area (Å²) in [5.41, 5.74) is 0. The first-order valence-corrected chi connectivity index (χ1v) is 24.4. The molecule has 0 aliphatic rings. The Morgan fingerprint density at radius 3 is 1.04 bits per heavy atom. The van der Waals surface area contributed by atoms with Gasteiger partial charge in [-0.1, -0.05) is 244 Å². The molecule has 0 fully saturated rings. The van der Waals surface area contributed by atoms with Gasteiger partial charge in [0.05, 0.1) is 18.8 Å². The summed E-state index contributed by atoms with van der Waals surface area (Å²) in [6.45, 7) is 4.38. The topological polar surface area (TPSA) is 69.6 Å². The van der Waals surface area contributed by atoms with Crippen LogP contribution in [0.5, 0.6) is 0 Å². The van der Waals surface area contributed by atoms with Crippen molar-refractivity contribution in [2.24, 2.45) is 0 Å². The van der Waals surface area contributed by atoms with Gasteiger partial charge in [-0.25, -0.2) is 0 Å². The van der Waals surface area contributed by atoms with E-state index in [9.17, 15) is 15.0 Å². The quantitative estimate of drug-likeness (QED) is 0.0429. The third kappa shape index (κ3) is 42.1. The molecule has 53 heavy (non-hydrogen) atoms. The van der Waals surface area contributed by atoms with Crippen LogP contribution in [-0.2, 0) is 4.79 Å². The van der Waals surface area contributed by atoms with Crippen molar-refractivity contribution in [1.29, 1.82) is 0 Å². The number of unbranched alkanes of at least 4 members (excludes halogenated alkanes) is 36. The van der Waals surface area contributed by atoms with E-state index in [4.69, 9.17) is 0 Å². The fourth-order valence-electron chi connectivity index (χ4n) is 7.77. The van der Waals surface area contributed by atoms with E-state index >= 15 is 0 Å². The molecule has 0 saturated carbocycles. The standard InChI is InChI=1S/C49H97NO3/c1-3-5-7-9-11-13-15-17-19-21-23-24-25-26-27-29-31-33-35-37-39-41-43-45-49(53)50-47(46-51)48(52)44-42-40-38-36-34-32-30-28-22-20-18-16-14-12-10-8-6-4-2/h21,23,47-48,51-52H,3-20,22,24-46H2,1-2H3,(H,50,53)/b23-21-. The molecule has 0 aliphatic carbocycles. The van der Waals surface area contributed by atoms with Crippen LogP contribution in [0.1, 0.15) is 277 Å². The lowest BCUT2D eigenvalue weighted by atomic mass is 10.0. The number of nitrogens with one attached hydrogen (secondary N) is 1. The van der Waals surface area contributed by atoms with Crippen LogP contribution in [0.25, 0.3) is 0 Å². The highest BCUT2D eigenvalue weighted by Crippen LogP contribution is 2.17. The maximum atomic E-state index is 12.4. The van der Waals surface area contributed by atoms with E-state index in [0.717, 1.165) is 25.7 Å². The molecule has 0 aromatic rings. The minimum Gasteiger partial charge on any atom is -0.394 e. The van der Waals surface area contributed by atoms with Crippen molar-refractivity contribution in [2.75, 3.05) is 6.61 Å². The number of rotatable bonds is 45. The Labute approximate surface area is 333 Å². The predicted molar refractivity (Wildman–Crippen MR) is 235 cm³/mol. The molecule has 0 spiro atoms. The summed E-state index contributed by atoms with van der Waals surface area (Å²) < 4.78 is 0. The maximum Gasteiger partial charge on any atom is 0.220 e. The summed E-state index contributed by atoms with van der Waals surface area (Å²) in [6, 6.07) is -0.533. The van der Waals surface area contributed by atoms with Crippen molar-refractivity contribution in [1.82, 2.24) is 5.32 Å². The Bertz CT molecular complexity index is 725. The van der Waals surface area contributed by atoms with Crippen LogP contribution < -0.4 is 5.32 Å². The SMILES string of the molecule is CCCCCCCCCC/C=C\CCCCCCCCCCCCCC(=O)NC(CO)C(O)CCCCCCCCCCCCCCCCCCCC. The fraction of sp³-hybridized carbons (Fsp3) is 0.939. The van der Waals surface area contributed by atoms with Crippen LogP contribution >= 0.6 is 0 Å². The fourth-order valence-corrected chi connectivity index (χ4v) is 7.77. The summed E-state index contributed by atoms with van der Waals surface area (Å²) in [7, 11) is 0. The van der Waals surface area contributed by atoms with E-state index < -0.39 is 12.1 Å². The number of aliphatic hydroxyl groups is 2. The summed E-state index contributed by atoms with van der Waals surface area (Å²) in [4.78, 5) is 12.4. The molecule has 316 valence electrons. The summed E-state index contributed by atoms with van der Waals surface area (Å²) in [5.74, 6) is -0.0279. The van der Waals surface area contributed by atoms with Gasteiger partial charge in [0.2, 0.25) is 5.91 Å². The minimum atomic E-state index is -0.656. The van der Waals surface area contributed by atoms with Gasteiger partial charge < -0.3 is 15.5 Å². The first-order valence-electron chi connectivity index (χ1n) is 24.4. The second-order valence-corrected chi connectivity index (χ2v) is 16.9. The van der Waals surface area contributed by atoms with Gasteiger partial charge in [0.25, 0.3) is 0 Å². The molecule has 0 bridgehead atoms. The molecule has 0 aromatic carbocycles. The number of carbonyl (C=O) groups excluding carboxylic acids is 1. The van der Waals surface area contributed by atoms with Gasteiger partial charge in [-0.2, -0.15) is 0 Å². The van der Waals surface area contributed by atoms with E-state index in [1.54, 1.807) is 0 Å². The molecule has 0 saturated heterocycles. The second kappa shape index (κ2) is 45.5. The van der Waals surface area contributed by atoms with Gasteiger partial charge in [0.15, 0.2) is 0 Å². The van der Waals surface area contributed by atoms with Crippen LogP contribution in [0, 0.1) is 0 Å². The molecule has 4 heteroatoms. The van der Waals surface area contributed by atoms with Gasteiger partial charge in [-0.05, 0) is 38.5 Å². The predicted octanol–water partition coefficient (Wildman–Crippen LogP) is 15.4. The van der Waals surface area contributed by atoms with Crippen molar-refractivity contribution >= 4 is 5.91 Å². The Kier molecular flexibility index (Phi) is 44.8. The van der Waals surface area contributed by atoms with E-state index in [0.29, 0.717) is 12.8 Å². The molecular weight excluding hydrogens is 651 g/mol. The van der Waals surface area contributed by atoms with E-state index in [-0.39, 0.29) is 12.5 Å². The number of hydrogen-bond acceptors (Lipinski definition) is 3. The average Bonchev–Trinajstić information content (AvgIpc) is 3.16. The van der Waals surface area contributed by atoms with Crippen LogP contribution in [0.3, 0.4) is 0 Å². The van der Waals surface area contributed by atoms with Gasteiger partial charge in [0, 0.05) is 6.42 Å². The number of carbonyl (C=O) groups is 1. The highest BCUT2D eigenvalue weighted by atomic mass is 16.3. The Morgan fingerprint density at radius 1 is 0.434 bits per heavy atom. The molecule has 0 heterocycles. The van der Waals surface area contributed by atoms with E-state index in [2.05, 4.69) is 31.3 Å². The van der Waals surface area contributed by atoms with Crippen molar-refractivity contribution in [3.63, 3.8) is 0 Å². The van der Waals surface area contributed by atoms with Gasteiger partial charge >= 0.3 is 0 Å². The number of aliphatic hydroxyl groups excluding tert-OH is 2. The van der Waals surface area contributed by atoms with Gasteiger partial charge in [-0.15, -0.1) is 0 Å². The van der Waals surface area contributed by atoms with Crippen LogP contribution in [0.2, 0.25) is 0 Å². The molecule has 1 amide bonds. The first-order chi connectivity index (χ1) is 26.2. The normalized spacial score (nSPS) is 12.9. The average molecular weight is 748 g/mol. The lowest BCUT2D eigenvalue weighted by Gasteiger charge is -2.22. The van der Waals surface area contributed by atoms with Gasteiger partial charge in [0.1, 0.15) is 0 Å². The third-order valence-electron chi connectivity index (χ3n) is 11.5. The van der Waals surface area contributed by atoms with E-state index in [1.807, 2.05) is 0 Å². The monoisotopic (exact) mass is 748 g/mol. The molecule has 0 aromatic heterocycles. The highest BCUT2D eigenvalue weighted by Gasteiger charge is 2.20. The van der Waals surface area contributed by atoms with Crippen LogP contribution in [0.4, 0.5) is 0 Å². The Hall–Kier alpha value is -0.870. The third-order valence-corrected chi connectivity index (χ3v) is 11.5.